The first kappa shape index (κ1) is 22.5. The van der Waals surface area contributed by atoms with Gasteiger partial charge in [0.25, 0.3) is 0 Å². The highest BCUT2D eigenvalue weighted by molar-refractivity contribution is 6.42. The fraction of sp³-hybridized carbons (Fsp3) is 0.375. The van der Waals surface area contributed by atoms with Crippen molar-refractivity contribution in [2.75, 3.05) is 19.6 Å². The Morgan fingerprint density at radius 2 is 1.60 bits per heavy atom. The summed E-state index contributed by atoms with van der Waals surface area (Å²) in [5.41, 5.74) is 2.28. The van der Waals surface area contributed by atoms with E-state index in [1.165, 1.54) is 5.56 Å². The second kappa shape index (κ2) is 10.2. The minimum Gasteiger partial charge on any atom is -0.508 e. The van der Waals surface area contributed by atoms with Crippen molar-refractivity contribution in [1.82, 2.24) is 9.80 Å². The summed E-state index contributed by atoms with van der Waals surface area (Å²) in [7, 11) is 0. The number of phenols is 1. The van der Waals surface area contributed by atoms with E-state index in [2.05, 4.69) is 17.7 Å². The van der Waals surface area contributed by atoms with Gasteiger partial charge in [-0.2, -0.15) is 0 Å². The lowest BCUT2D eigenvalue weighted by molar-refractivity contribution is -0.133. The highest BCUT2D eigenvalue weighted by atomic mass is 35.5. The van der Waals surface area contributed by atoms with Gasteiger partial charge >= 0.3 is 0 Å². The molecule has 2 saturated heterocycles. The van der Waals surface area contributed by atoms with Gasteiger partial charge in [0.2, 0.25) is 5.91 Å². The third kappa shape index (κ3) is 5.10. The molecule has 2 aromatic rings. The number of benzene rings is 2. The topological polar surface area (TPSA) is 43.8 Å². The maximum atomic E-state index is 12.9. The molecule has 4 nitrogen and oxygen atoms in total. The number of carbonyl (C=O) groups is 1. The quantitative estimate of drug-likeness (QED) is 0.679. The van der Waals surface area contributed by atoms with Crippen LogP contribution < -0.4 is 0 Å². The van der Waals surface area contributed by atoms with E-state index in [9.17, 15) is 9.90 Å². The largest absolute Gasteiger partial charge is 0.508 e. The molecule has 0 radical (unpaired) electrons. The van der Waals surface area contributed by atoms with Gasteiger partial charge in [-0.15, -0.1) is 12.8 Å². The molecule has 1 amide bonds. The number of rotatable bonds is 4. The third-order valence-electron chi connectivity index (χ3n) is 5.96. The van der Waals surface area contributed by atoms with Crippen molar-refractivity contribution >= 4 is 29.1 Å². The lowest BCUT2D eigenvalue weighted by Crippen LogP contribution is -2.45. The number of hydrogen-bond donors (Lipinski definition) is 1. The molecule has 6 heteroatoms. The summed E-state index contributed by atoms with van der Waals surface area (Å²) in [6.07, 6.45) is 11.0. The number of nitrogens with zero attached hydrogens (tertiary/aromatic N) is 2. The van der Waals surface area contributed by atoms with Crippen LogP contribution in [0.15, 0.2) is 42.5 Å². The first-order chi connectivity index (χ1) is 14.5. The zero-order chi connectivity index (χ0) is 21.7. The number of terminal acetylenes is 1. The molecule has 0 bridgehead atoms. The second-order valence-corrected chi connectivity index (χ2v) is 8.53. The molecule has 2 aliphatic heterocycles. The average Bonchev–Trinajstić information content (AvgIpc) is 3.13. The molecule has 30 heavy (non-hydrogen) atoms. The van der Waals surface area contributed by atoms with Gasteiger partial charge in [-0.25, -0.2) is 0 Å². The predicted molar refractivity (Wildman–Crippen MR) is 122 cm³/mol. The summed E-state index contributed by atoms with van der Waals surface area (Å²) < 4.78 is 0. The molecule has 2 fully saturated rings. The van der Waals surface area contributed by atoms with Gasteiger partial charge < -0.3 is 10.0 Å². The summed E-state index contributed by atoms with van der Waals surface area (Å²) in [5.74, 6) is 1.02. The van der Waals surface area contributed by atoms with Crippen LogP contribution in [0.1, 0.15) is 36.3 Å². The number of halogens is 2. The average molecular weight is 445 g/mol. The lowest BCUT2D eigenvalue weighted by atomic mass is 9.89. The Kier molecular flexibility index (Phi) is 7.66. The number of aromatic hydroxyl groups is 1. The molecule has 1 atom stereocenters. The molecular formula is C24H26Cl2N2O2. The van der Waals surface area contributed by atoms with Gasteiger partial charge in [-0.05, 0) is 73.7 Å². The molecule has 2 heterocycles. The number of piperidine rings is 1. The van der Waals surface area contributed by atoms with E-state index in [4.69, 9.17) is 23.2 Å². The minimum atomic E-state index is -0.0106. The van der Waals surface area contributed by atoms with E-state index < -0.39 is 0 Å². The Morgan fingerprint density at radius 1 is 0.933 bits per heavy atom. The van der Waals surface area contributed by atoms with Crippen molar-refractivity contribution in [2.45, 2.75) is 37.8 Å². The van der Waals surface area contributed by atoms with Crippen molar-refractivity contribution in [1.29, 1.82) is 0 Å². The Bertz CT molecular complexity index is 890. The second-order valence-electron chi connectivity index (χ2n) is 7.71. The van der Waals surface area contributed by atoms with Crippen LogP contribution in [0.3, 0.4) is 0 Å². The first-order valence-electron chi connectivity index (χ1n) is 10.1. The Labute approximate surface area is 188 Å². The third-order valence-corrected chi connectivity index (χ3v) is 6.70. The number of phenolic OH excluding ortho intramolecular Hbond substituents is 1. The van der Waals surface area contributed by atoms with Gasteiger partial charge in [0.15, 0.2) is 0 Å². The summed E-state index contributed by atoms with van der Waals surface area (Å²) in [4.78, 5) is 17.2. The summed E-state index contributed by atoms with van der Waals surface area (Å²) in [6, 6.07) is 13.1. The highest BCUT2D eigenvalue weighted by Crippen LogP contribution is 2.32. The monoisotopic (exact) mass is 444 g/mol. The van der Waals surface area contributed by atoms with E-state index >= 15 is 0 Å². The Morgan fingerprint density at radius 3 is 2.23 bits per heavy atom. The van der Waals surface area contributed by atoms with E-state index in [0.29, 0.717) is 28.3 Å². The van der Waals surface area contributed by atoms with E-state index in [1.54, 1.807) is 18.2 Å². The van der Waals surface area contributed by atoms with Crippen LogP contribution in [-0.2, 0) is 11.3 Å². The van der Waals surface area contributed by atoms with Crippen molar-refractivity contribution < 1.29 is 9.90 Å². The van der Waals surface area contributed by atoms with Crippen LogP contribution in [0.2, 0.25) is 10.0 Å². The number of likely N-dealkylation sites (tertiary alicyclic amines) is 2. The standard InChI is InChI=1S/C22H24Cl2N2O2.C2H2/c23-19-6-1-15(13-20(19)24)14-26-12-9-21(22(26)28)25-10-7-17(8-11-25)16-2-4-18(27)5-3-16;1-2/h1-6,13,17,21,27H,7-12,14H2;1-2H. The molecule has 0 aromatic heterocycles. The molecular weight excluding hydrogens is 419 g/mol. The van der Waals surface area contributed by atoms with Gasteiger partial charge in [0, 0.05) is 13.1 Å². The lowest BCUT2D eigenvalue weighted by Gasteiger charge is -2.35. The van der Waals surface area contributed by atoms with Crippen LogP contribution in [0.5, 0.6) is 5.75 Å². The Balaban J connectivity index is 0.00000124. The van der Waals surface area contributed by atoms with Crippen LogP contribution in [0.25, 0.3) is 0 Å². The van der Waals surface area contributed by atoms with E-state index in [1.807, 2.05) is 29.2 Å². The molecule has 0 saturated carbocycles. The molecule has 1 unspecified atom stereocenters. The summed E-state index contributed by atoms with van der Waals surface area (Å²) in [5, 5.41) is 10.5. The van der Waals surface area contributed by atoms with Gasteiger partial charge in [-0.1, -0.05) is 41.4 Å². The van der Waals surface area contributed by atoms with Crippen molar-refractivity contribution in [3.8, 4) is 18.6 Å². The SMILES string of the molecule is C#C.O=C1C(N2CCC(c3ccc(O)cc3)CC2)CCN1Cc1ccc(Cl)c(Cl)c1. The van der Waals surface area contributed by atoms with Crippen LogP contribution >= 0.6 is 23.2 Å². The molecule has 4 rings (SSSR count). The summed E-state index contributed by atoms with van der Waals surface area (Å²) in [6.45, 7) is 3.23. The van der Waals surface area contributed by atoms with Crippen molar-refractivity contribution in [3.05, 3.63) is 63.6 Å². The van der Waals surface area contributed by atoms with Crippen LogP contribution in [-0.4, -0.2) is 46.5 Å². The van der Waals surface area contributed by atoms with Gasteiger partial charge in [0.05, 0.1) is 16.1 Å². The van der Waals surface area contributed by atoms with Gasteiger partial charge in [0.1, 0.15) is 5.75 Å². The Hall–Kier alpha value is -2.19. The van der Waals surface area contributed by atoms with Crippen molar-refractivity contribution in [3.63, 3.8) is 0 Å². The minimum absolute atomic E-state index is 0.0106. The van der Waals surface area contributed by atoms with Crippen molar-refractivity contribution in [2.24, 2.45) is 0 Å². The van der Waals surface area contributed by atoms with Gasteiger partial charge in [-0.3, -0.25) is 9.69 Å². The maximum absolute atomic E-state index is 12.9. The zero-order valence-electron chi connectivity index (χ0n) is 16.8. The molecule has 158 valence electrons. The van der Waals surface area contributed by atoms with Crippen LogP contribution in [0, 0.1) is 12.8 Å². The normalized spacial score (nSPS) is 20.1. The van der Waals surface area contributed by atoms with E-state index in [-0.39, 0.29) is 11.9 Å². The van der Waals surface area contributed by atoms with Crippen LogP contribution in [0.4, 0.5) is 0 Å². The van der Waals surface area contributed by atoms with E-state index in [0.717, 1.165) is 44.5 Å². The zero-order valence-corrected chi connectivity index (χ0v) is 18.3. The molecule has 1 N–H and O–H groups in total. The predicted octanol–water partition coefficient (Wildman–Crippen LogP) is 4.93. The highest BCUT2D eigenvalue weighted by Gasteiger charge is 2.37. The molecule has 2 aliphatic rings. The number of hydrogen-bond acceptors (Lipinski definition) is 3. The smallest absolute Gasteiger partial charge is 0.240 e. The molecule has 2 aromatic carbocycles. The number of carbonyl (C=O) groups excluding carboxylic acids is 1. The summed E-state index contributed by atoms with van der Waals surface area (Å²) >= 11 is 12.1. The fourth-order valence-electron chi connectivity index (χ4n) is 4.37. The fourth-order valence-corrected chi connectivity index (χ4v) is 4.69. The maximum Gasteiger partial charge on any atom is 0.240 e. The molecule has 0 spiro atoms. The molecule has 0 aliphatic carbocycles. The number of amides is 1. The first-order valence-corrected chi connectivity index (χ1v) is 10.9.